The van der Waals surface area contributed by atoms with Gasteiger partial charge >= 0.3 is 5.97 Å². The molecule has 1 aliphatic heterocycles. The number of carbonyl (C=O) groups is 1. The third-order valence-corrected chi connectivity index (χ3v) is 2.39. The van der Waals surface area contributed by atoms with Crippen LogP contribution in [0, 0.1) is 5.92 Å². The first-order valence-corrected chi connectivity index (χ1v) is 5.11. The number of rotatable bonds is 4. The van der Waals surface area contributed by atoms with Crippen LogP contribution in [0.2, 0.25) is 0 Å². The van der Waals surface area contributed by atoms with Crippen molar-refractivity contribution in [2.24, 2.45) is 5.92 Å². The number of nitrogens with zero attached hydrogens (tertiary/aromatic N) is 1. The monoisotopic (exact) mass is 184 g/mol. The van der Waals surface area contributed by atoms with Gasteiger partial charge in [0.25, 0.3) is 0 Å². The van der Waals surface area contributed by atoms with Crippen molar-refractivity contribution in [1.82, 2.24) is 5.32 Å². The first-order chi connectivity index (χ1) is 6.33. The number of ether oxygens (including phenoxy) is 1. The van der Waals surface area contributed by atoms with Gasteiger partial charge in [0.15, 0.2) is 0 Å². The fraction of sp³-hybridized carbons (Fsp3) is 0.900. The Kier molecular flexibility index (Phi) is 4.83. The van der Waals surface area contributed by atoms with Gasteiger partial charge in [0.2, 0.25) is 0 Å². The standard InChI is InChI=1S/C10H18NO2/c1-2-10(12)13-7-5-9-4-3-6-11-8-9/h9H,2-8H2,1H3. The van der Waals surface area contributed by atoms with Crippen LogP contribution in [0.4, 0.5) is 0 Å². The first kappa shape index (κ1) is 10.5. The Morgan fingerprint density at radius 3 is 3.08 bits per heavy atom. The molecule has 13 heavy (non-hydrogen) atoms. The Balaban J connectivity index is 2.01. The van der Waals surface area contributed by atoms with Gasteiger partial charge in [-0.1, -0.05) is 6.92 Å². The first-order valence-electron chi connectivity index (χ1n) is 5.11. The Bertz CT molecular complexity index is 153. The molecule has 1 aliphatic rings. The summed E-state index contributed by atoms with van der Waals surface area (Å²) < 4.78 is 5.01. The third kappa shape index (κ3) is 4.27. The van der Waals surface area contributed by atoms with Gasteiger partial charge in [-0.2, -0.15) is 0 Å². The van der Waals surface area contributed by atoms with Gasteiger partial charge < -0.3 is 4.74 Å². The zero-order chi connectivity index (χ0) is 9.52. The molecule has 3 nitrogen and oxygen atoms in total. The zero-order valence-corrected chi connectivity index (χ0v) is 8.29. The van der Waals surface area contributed by atoms with Crippen LogP contribution in [-0.2, 0) is 9.53 Å². The SMILES string of the molecule is CCC(=O)OCCC1CCC[N]C1. The summed E-state index contributed by atoms with van der Waals surface area (Å²) in [5, 5.41) is 4.34. The van der Waals surface area contributed by atoms with E-state index in [1.165, 1.54) is 12.8 Å². The quantitative estimate of drug-likeness (QED) is 0.619. The highest BCUT2D eigenvalue weighted by atomic mass is 16.5. The van der Waals surface area contributed by atoms with Gasteiger partial charge in [0.05, 0.1) is 6.61 Å². The van der Waals surface area contributed by atoms with E-state index in [9.17, 15) is 4.79 Å². The molecule has 0 spiro atoms. The van der Waals surface area contributed by atoms with E-state index in [0.29, 0.717) is 18.9 Å². The van der Waals surface area contributed by atoms with Crippen molar-refractivity contribution in [1.29, 1.82) is 0 Å². The van der Waals surface area contributed by atoms with Crippen molar-refractivity contribution in [3.05, 3.63) is 0 Å². The third-order valence-electron chi connectivity index (χ3n) is 2.39. The Labute approximate surface area is 79.8 Å². The van der Waals surface area contributed by atoms with Crippen LogP contribution in [0.1, 0.15) is 32.6 Å². The molecule has 1 saturated heterocycles. The normalized spacial score (nSPS) is 22.7. The number of esters is 1. The molecule has 1 fully saturated rings. The number of hydrogen-bond donors (Lipinski definition) is 0. The Morgan fingerprint density at radius 1 is 1.62 bits per heavy atom. The minimum atomic E-state index is -0.0900. The van der Waals surface area contributed by atoms with Gasteiger partial charge in [-0.3, -0.25) is 4.79 Å². The lowest BCUT2D eigenvalue weighted by atomic mass is 9.97. The van der Waals surface area contributed by atoms with E-state index in [4.69, 9.17) is 4.74 Å². The number of piperidine rings is 1. The topological polar surface area (TPSA) is 40.4 Å². The van der Waals surface area contributed by atoms with Gasteiger partial charge in [-0.05, 0) is 25.2 Å². The molecule has 1 unspecified atom stereocenters. The molecule has 0 aromatic rings. The molecule has 1 radical (unpaired) electrons. The molecule has 3 heteroatoms. The van der Waals surface area contributed by atoms with Crippen LogP contribution in [0.25, 0.3) is 0 Å². The molecular formula is C10H18NO2. The van der Waals surface area contributed by atoms with Crippen LogP contribution in [0.15, 0.2) is 0 Å². The molecule has 1 atom stereocenters. The second-order valence-corrected chi connectivity index (χ2v) is 3.50. The molecular weight excluding hydrogens is 166 g/mol. The average molecular weight is 184 g/mol. The van der Waals surface area contributed by atoms with Crippen LogP contribution < -0.4 is 5.32 Å². The van der Waals surface area contributed by atoms with E-state index in [1.54, 1.807) is 0 Å². The second-order valence-electron chi connectivity index (χ2n) is 3.50. The van der Waals surface area contributed by atoms with E-state index in [2.05, 4.69) is 5.32 Å². The summed E-state index contributed by atoms with van der Waals surface area (Å²) in [6.45, 7) is 4.38. The maximum atomic E-state index is 10.8. The molecule has 1 heterocycles. The van der Waals surface area contributed by atoms with E-state index in [1.807, 2.05) is 6.92 Å². The lowest BCUT2D eigenvalue weighted by Gasteiger charge is -2.20. The van der Waals surface area contributed by atoms with E-state index in [0.717, 1.165) is 19.5 Å². The van der Waals surface area contributed by atoms with Crippen LogP contribution >= 0.6 is 0 Å². The maximum absolute atomic E-state index is 10.8. The number of hydrogen-bond acceptors (Lipinski definition) is 2. The van der Waals surface area contributed by atoms with Crippen molar-refractivity contribution < 1.29 is 9.53 Å². The van der Waals surface area contributed by atoms with Crippen molar-refractivity contribution in [3.8, 4) is 0 Å². The van der Waals surface area contributed by atoms with Crippen LogP contribution in [0.3, 0.4) is 0 Å². The number of carbonyl (C=O) groups excluding carboxylic acids is 1. The molecule has 0 aliphatic carbocycles. The highest BCUT2D eigenvalue weighted by molar-refractivity contribution is 5.68. The smallest absolute Gasteiger partial charge is 0.305 e. The second kappa shape index (κ2) is 5.97. The van der Waals surface area contributed by atoms with Crippen LogP contribution in [0.5, 0.6) is 0 Å². The largest absolute Gasteiger partial charge is 0.466 e. The van der Waals surface area contributed by atoms with Crippen molar-refractivity contribution in [3.63, 3.8) is 0 Å². The predicted molar refractivity (Wildman–Crippen MR) is 50.5 cm³/mol. The van der Waals surface area contributed by atoms with Crippen molar-refractivity contribution in [2.45, 2.75) is 32.6 Å². The van der Waals surface area contributed by atoms with Crippen LogP contribution in [-0.4, -0.2) is 25.7 Å². The van der Waals surface area contributed by atoms with E-state index >= 15 is 0 Å². The lowest BCUT2D eigenvalue weighted by molar-refractivity contribution is -0.143. The van der Waals surface area contributed by atoms with Gasteiger partial charge in [0.1, 0.15) is 0 Å². The summed E-state index contributed by atoms with van der Waals surface area (Å²) >= 11 is 0. The summed E-state index contributed by atoms with van der Waals surface area (Å²) in [5.74, 6) is 0.561. The van der Waals surface area contributed by atoms with Gasteiger partial charge in [-0.25, -0.2) is 5.32 Å². The Morgan fingerprint density at radius 2 is 2.46 bits per heavy atom. The summed E-state index contributed by atoms with van der Waals surface area (Å²) in [5.41, 5.74) is 0. The highest BCUT2D eigenvalue weighted by Crippen LogP contribution is 2.14. The molecule has 0 saturated carbocycles. The minimum absolute atomic E-state index is 0.0900. The maximum Gasteiger partial charge on any atom is 0.305 e. The minimum Gasteiger partial charge on any atom is -0.466 e. The molecule has 0 amide bonds. The van der Waals surface area contributed by atoms with E-state index in [-0.39, 0.29) is 5.97 Å². The van der Waals surface area contributed by atoms with Gasteiger partial charge in [0, 0.05) is 19.5 Å². The summed E-state index contributed by atoms with van der Waals surface area (Å²) in [6.07, 6.45) is 3.91. The van der Waals surface area contributed by atoms with Crippen molar-refractivity contribution in [2.75, 3.05) is 19.7 Å². The molecule has 0 N–H and O–H groups in total. The zero-order valence-electron chi connectivity index (χ0n) is 8.29. The summed E-state index contributed by atoms with van der Waals surface area (Å²) in [4.78, 5) is 10.8. The van der Waals surface area contributed by atoms with Gasteiger partial charge in [-0.15, -0.1) is 0 Å². The lowest BCUT2D eigenvalue weighted by Crippen LogP contribution is -2.25. The molecule has 1 rings (SSSR count). The van der Waals surface area contributed by atoms with E-state index < -0.39 is 0 Å². The highest BCUT2D eigenvalue weighted by Gasteiger charge is 2.13. The molecule has 0 bridgehead atoms. The predicted octanol–water partition coefficient (Wildman–Crippen LogP) is 1.34. The summed E-state index contributed by atoms with van der Waals surface area (Å²) in [7, 11) is 0. The summed E-state index contributed by atoms with van der Waals surface area (Å²) in [6, 6.07) is 0. The average Bonchev–Trinajstić information content (AvgIpc) is 2.19. The molecule has 0 aromatic heterocycles. The fourth-order valence-corrected chi connectivity index (χ4v) is 1.53. The molecule has 0 aromatic carbocycles. The fourth-order valence-electron chi connectivity index (χ4n) is 1.53. The Hall–Kier alpha value is -0.570. The molecule has 75 valence electrons. The van der Waals surface area contributed by atoms with Crippen molar-refractivity contribution >= 4 is 5.97 Å².